The zero-order valence-electron chi connectivity index (χ0n) is 13.2. The van der Waals surface area contributed by atoms with Crippen LogP contribution in [0.15, 0.2) is 0 Å². The van der Waals surface area contributed by atoms with Crippen LogP contribution in [0.5, 0.6) is 0 Å². The molecule has 1 N–H and O–H groups in total. The summed E-state index contributed by atoms with van der Waals surface area (Å²) in [7, 11) is 0. The number of carbonyl (C=O) groups excluding carboxylic acids is 3. The van der Waals surface area contributed by atoms with Crippen molar-refractivity contribution in [2.24, 2.45) is 0 Å². The normalized spacial score (nSPS) is 16.1. The monoisotopic (exact) mass is 339 g/mol. The molecule has 0 aromatic carbocycles. The molecule has 1 saturated heterocycles. The SMILES string of the molecule is CC(C)(C)OC(=O)NCC(=O)N1CCN(C(=O)C(F)(F)F)CC1. The van der Waals surface area contributed by atoms with Gasteiger partial charge in [0.15, 0.2) is 0 Å². The molecule has 1 heterocycles. The number of ether oxygens (including phenoxy) is 1. The van der Waals surface area contributed by atoms with Gasteiger partial charge in [-0.3, -0.25) is 9.59 Å². The lowest BCUT2D eigenvalue weighted by Crippen LogP contribution is -2.55. The van der Waals surface area contributed by atoms with Gasteiger partial charge in [-0.15, -0.1) is 0 Å². The first kappa shape index (κ1) is 19.0. The second kappa shape index (κ2) is 7.05. The second-order valence-electron chi connectivity index (χ2n) is 6.03. The Hall–Kier alpha value is -2.00. The van der Waals surface area contributed by atoms with E-state index >= 15 is 0 Å². The molecule has 0 spiro atoms. The van der Waals surface area contributed by atoms with Gasteiger partial charge in [-0.2, -0.15) is 13.2 Å². The number of alkyl carbamates (subject to hydrolysis) is 1. The molecule has 0 radical (unpaired) electrons. The number of rotatable bonds is 2. The average Bonchev–Trinajstić information content (AvgIpc) is 2.41. The molecule has 1 aliphatic heterocycles. The first-order valence-electron chi connectivity index (χ1n) is 7.01. The fraction of sp³-hybridized carbons (Fsp3) is 0.769. The number of hydrogen-bond acceptors (Lipinski definition) is 4. The van der Waals surface area contributed by atoms with Crippen LogP contribution in [0.25, 0.3) is 0 Å². The number of halogens is 3. The quantitative estimate of drug-likeness (QED) is 0.805. The standard InChI is InChI=1S/C13H20F3N3O4/c1-12(2,3)23-11(22)17-8-9(20)18-4-6-19(7-5-18)10(21)13(14,15)16/h4-8H2,1-3H3,(H,17,22). The van der Waals surface area contributed by atoms with Crippen molar-refractivity contribution in [2.75, 3.05) is 32.7 Å². The van der Waals surface area contributed by atoms with Crippen molar-refractivity contribution in [3.63, 3.8) is 0 Å². The van der Waals surface area contributed by atoms with Crippen LogP contribution in [0.4, 0.5) is 18.0 Å². The Kier molecular flexibility index (Phi) is 5.84. The number of piperazine rings is 1. The van der Waals surface area contributed by atoms with Crippen LogP contribution in [0.3, 0.4) is 0 Å². The van der Waals surface area contributed by atoms with Gasteiger partial charge < -0.3 is 19.9 Å². The molecule has 1 rings (SSSR count). The van der Waals surface area contributed by atoms with Gasteiger partial charge in [-0.1, -0.05) is 0 Å². The summed E-state index contributed by atoms with van der Waals surface area (Å²) in [6, 6.07) is 0. The minimum atomic E-state index is -4.91. The van der Waals surface area contributed by atoms with Crippen LogP contribution in [0.1, 0.15) is 20.8 Å². The third kappa shape index (κ3) is 6.33. The van der Waals surface area contributed by atoms with Crippen LogP contribution in [-0.4, -0.2) is 72.2 Å². The molecule has 0 aromatic heterocycles. The molecule has 0 unspecified atom stereocenters. The highest BCUT2D eigenvalue weighted by Gasteiger charge is 2.43. The smallest absolute Gasteiger partial charge is 0.444 e. The van der Waals surface area contributed by atoms with Gasteiger partial charge in [0, 0.05) is 26.2 Å². The first-order chi connectivity index (χ1) is 10.4. The van der Waals surface area contributed by atoms with Crippen molar-refractivity contribution in [2.45, 2.75) is 32.5 Å². The van der Waals surface area contributed by atoms with Crippen LogP contribution < -0.4 is 5.32 Å². The maximum atomic E-state index is 12.3. The Morgan fingerprint density at radius 2 is 1.48 bits per heavy atom. The highest BCUT2D eigenvalue weighted by molar-refractivity contribution is 5.84. The Labute approximate surface area is 131 Å². The number of carbonyl (C=O) groups is 3. The summed E-state index contributed by atoms with van der Waals surface area (Å²) in [5, 5.41) is 2.28. The number of amides is 3. The first-order valence-corrected chi connectivity index (χ1v) is 7.01. The number of nitrogens with one attached hydrogen (secondary N) is 1. The van der Waals surface area contributed by atoms with E-state index in [0.29, 0.717) is 4.90 Å². The van der Waals surface area contributed by atoms with Crippen LogP contribution >= 0.6 is 0 Å². The fourth-order valence-electron chi connectivity index (χ4n) is 1.91. The molecule has 10 heteroatoms. The number of nitrogens with zero attached hydrogens (tertiary/aromatic N) is 2. The van der Waals surface area contributed by atoms with Gasteiger partial charge in [-0.05, 0) is 20.8 Å². The van der Waals surface area contributed by atoms with E-state index in [4.69, 9.17) is 4.74 Å². The van der Waals surface area contributed by atoms with E-state index in [0.717, 1.165) is 0 Å². The van der Waals surface area contributed by atoms with Crippen molar-refractivity contribution < 1.29 is 32.3 Å². The second-order valence-corrected chi connectivity index (χ2v) is 6.03. The third-order valence-corrected chi connectivity index (χ3v) is 2.94. The lowest BCUT2D eigenvalue weighted by Gasteiger charge is -2.35. The van der Waals surface area contributed by atoms with E-state index in [1.807, 2.05) is 0 Å². The summed E-state index contributed by atoms with van der Waals surface area (Å²) < 4.78 is 41.9. The number of hydrogen-bond donors (Lipinski definition) is 1. The van der Waals surface area contributed by atoms with Gasteiger partial charge in [-0.25, -0.2) is 4.79 Å². The van der Waals surface area contributed by atoms with Gasteiger partial charge in [0.25, 0.3) is 0 Å². The maximum absolute atomic E-state index is 12.3. The average molecular weight is 339 g/mol. The van der Waals surface area contributed by atoms with Crippen LogP contribution in [0.2, 0.25) is 0 Å². The molecule has 0 atom stereocenters. The van der Waals surface area contributed by atoms with Gasteiger partial charge >= 0.3 is 18.2 Å². The van der Waals surface area contributed by atoms with Crippen molar-refractivity contribution in [3.8, 4) is 0 Å². The van der Waals surface area contributed by atoms with Crippen LogP contribution in [0, 0.1) is 0 Å². The largest absolute Gasteiger partial charge is 0.471 e. The maximum Gasteiger partial charge on any atom is 0.471 e. The predicted molar refractivity (Wildman–Crippen MR) is 73.5 cm³/mol. The zero-order chi connectivity index (χ0) is 17.8. The van der Waals surface area contributed by atoms with Crippen molar-refractivity contribution in [3.05, 3.63) is 0 Å². The summed E-state index contributed by atoms with van der Waals surface area (Å²) in [6.07, 6.45) is -5.67. The van der Waals surface area contributed by atoms with E-state index in [1.54, 1.807) is 20.8 Å². The van der Waals surface area contributed by atoms with E-state index in [-0.39, 0.29) is 32.7 Å². The van der Waals surface area contributed by atoms with Gasteiger partial charge in [0.1, 0.15) is 12.1 Å². The Morgan fingerprint density at radius 1 is 1.00 bits per heavy atom. The lowest BCUT2D eigenvalue weighted by molar-refractivity contribution is -0.187. The minimum Gasteiger partial charge on any atom is -0.444 e. The third-order valence-electron chi connectivity index (χ3n) is 2.94. The Bertz CT molecular complexity index is 466. The van der Waals surface area contributed by atoms with Gasteiger partial charge in [0.05, 0.1) is 0 Å². The van der Waals surface area contributed by atoms with E-state index in [1.165, 1.54) is 4.90 Å². The Balaban J connectivity index is 2.38. The summed E-state index contributed by atoms with van der Waals surface area (Å²) in [4.78, 5) is 36.3. The Morgan fingerprint density at radius 3 is 1.91 bits per heavy atom. The molecule has 1 aliphatic rings. The molecule has 0 bridgehead atoms. The van der Waals surface area contributed by atoms with E-state index < -0.39 is 29.7 Å². The van der Waals surface area contributed by atoms with Crippen molar-refractivity contribution in [1.29, 1.82) is 0 Å². The molecule has 0 aromatic rings. The molecule has 1 fully saturated rings. The highest BCUT2D eigenvalue weighted by Crippen LogP contribution is 2.19. The summed E-state index contributed by atoms with van der Waals surface area (Å²) >= 11 is 0. The van der Waals surface area contributed by atoms with Crippen molar-refractivity contribution >= 4 is 17.9 Å². The molecular weight excluding hydrogens is 319 g/mol. The summed E-state index contributed by atoms with van der Waals surface area (Å²) in [6.45, 7) is 4.27. The van der Waals surface area contributed by atoms with Crippen molar-refractivity contribution in [1.82, 2.24) is 15.1 Å². The molecule has 0 saturated carbocycles. The minimum absolute atomic E-state index is 0.0172. The topological polar surface area (TPSA) is 79.0 Å². The number of alkyl halides is 3. The summed E-state index contributed by atoms with van der Waals surface area (Å²) in [5.74, 6) is -2.36. The predicted octanol–water partition coefficient (Wildman–Crippen LogP) is 0.744. The molecule has 0 aliphatic carbocycles. The molecule has 3 amide bonds. The van der Waals surface area contributed by atoms with Gasteiger partial charge in [0.2, 0.25) is 5.91 Å². The lowest BCUT2D eigenvalue weighted by atomic mass is 10.2. The zero-order valence-corrected chi connectivity index (χ0v) is 13.2. The summed E-state index contributed by atoms with van der Waals surface area (Å²) in [5.41, 5.74) is -0.698. The van der Waals surface area contributed by atoms with Crippen LogP contribution in [-0.2, 0) is 14.3 Å². The molecule has 132 valence electrons. The van der Waals surface area contributed by atoms with E-state index in [2.05, 4.69) is 5.32 Å². The fourth-order valence-corrected chi connectivity index (χ4v) is 1.91. The van der Waals surface area contributed by atoms with E-state index in [9.17, 15) is 27.6 Å². The molecular formula is C13H20F3N3O4. The molecule has 7 nitrogen and oxygen atoms in total. The highest BCUT2D eigenvalue weighted by atomic mass is 19.4. The molecule has 23 heavy (non-hydrogen) atoms.